The van der Waals surface area contributed by atoms with E-state index in [1.165, 1.54) is 33.3 Å². The number of benzene rings is 9. The zero-order valence-corrected chi connectivity index (χ0v) is 89.3. The van der Waals surface area contributed by atoms with Gasteiger partial charge in [0.05, 0.1) is 21.2 Å². The lowest BCUT2D eigenvalue weighted by molar-refractivity contribution is 0.169. The fourth-order valence-electron chi connectivity index (χ4n) is 11.5. The van der Waals surface area contributed by atoms with Gasteiger partial charge in [-0.25, -0.2) is 0 Å². The lowest BCUT2D eigenvalue weighted by atomic mass is 10.0. The Morgan fingerprint density at radius 2 is 0.619 bits per heavy atom. The maximum Gasteiger partial charge on any atom is 0.160 e. The number of hydrogen-bond donors (Lipinski definition) is 17. The summed E-state index contributed by atoms with van der Waals surface area (Å²) in [6.45, 7) is 16.3. The Balaban J connectivity index is 0.000000709. The van der Waals surface area contributed by atoms with Crippen LogP contribution < -0.4 is 0 Å². The van der Waals surface area contributed by atoms with Crippen molar-refractivity contribution in [3.63, 3.8) is 0 Å². The number of halogens is 10. The van der Waals surface area contributed by atoms with Crippen molar-refractivity contribution < 1.29 is 40.9 Å². The highest BCUT2D eigenvalue weighted by molar-refractivity contribution is 9.12. The van der Waals surface area contributed by atoms with E-state index in [0.717, 1.165) is 193 Å². The van der Waals surface area contributed by atoms with Crippen molar-refractivity contribution in [2.75, 3.05) is 0 Å². The summed E-state index contributed by atoms with van der Waals surface area (Å²) in [5.74, 6) is 0.862. The number of aryl methyl sites for hydroxylation is 7. The van der Waals surface area contributed by atoms with Crippen LogP contribution in [-0.2, 0) is 44.9 Å². The predicted molar refractivity (Wildman–Crippen MR) is 565 cm³/mol. The molecule has 17 nitrogen and oxygen atoms in total. The molecule has 684 valence electrons. The van der Waals surface area contributed by atoms with Crippen molar-refractivity contribution in [2.24, 2.45) is 0 Å². The Kier molecular flexibility index (Phi) is 63.1. The van der Waals surface area contributed by atoms with E-state index in [-0.39, 0.29) is 17.2 Å². The maximum absolute atomic E-state index is 9.77. The Bertz CT molecular complexity index is 4790. The number of phenolic OH excluding ortho intramolecular Hbond substituents is 6. The van der Waals surface area contributed by atoms with Crippen LogP contribution in [0.2, 0.25) is 0 Å². The highest BCUT2D eigenvalue weighted by Crippen LogP contribution is 2.36. The third kappa shape index (κ3) is 59.0. The Hall–Kier alpha value is -6.47. The number of hydrogen-bond acceptors (Lipinski definition) is 17. The van der Waals surface area contributed by atoms with Crippen LogP contribution in [0.25, 0.3) is 0 Å². The summed E-state index contributed by atoms with van der Waals surface area (Å²) < 4.78 is 9.40. The number of nitrogens with one attached hydrogen (secondary N) is 9. The van der Waals surface area contributed by atoms with Gasteiger partial charge in [0.2, 0.25) is 0 Å². The van der Waals surface area contributed by atoms with Crippen LogP contribution in [0.15, 0.2) is 221 Å². The summed E-state index contributed by atoms with van der Waals surface area (Å²) >= 11 is 33.6. The third-order valence-electron chi connectivity index (χ3n) is 18.2. The molecule has 0 aliphatic carbocycles. The summed E-state index contributed by atoms with van der Waals surface area (Å²) in [5.41, 5.74) is 15.7. The van der Waals surface area contributed by atoms with E-state index < -0.39 is 12.2 Å². The second-order valence-corrected chi connectivity index (χ2v) is 39.5. The largest absolute Gasteiger partial charge is 0.508 e. The third-order valence-corrected chi connectivity index (χ3v) is 24.0. The molecule has 9 aromatic carbocycles. The van der Waals surface area contributed by atoms with Crippen molar-refractivity contribution in [2.45, 2.75) is 235 Å². The summed E-state index contributed by atoms with van der Waals surface area (Å²) in [4.78, 5) is 0. The molecule has 0 aliphatic heterocycles. The van der Waals surface area contributed by atoms with Gasteiger partial charge in [-0.3, -0.25) is 0 Å². The van der Waals surface area contributed by atoms with Crippen LogP contribution in [0, 0.1) is 48.7 Å². The fourth-order valence-corrected chi connectivity index (χ4v) is 16.0. The van der Waals surface area contributed by atoms with E-state index in [4.69, 9.17) is 48.7 Å². The average Bonchev–Trinajstić information content (AvgIpc) is 0.829. The first-order valence-electron chi connectivity index (χ1n) is 41.4. The Labute approximate surface area is 832 Å². The molecule has 0 aromatic heterocycles. The zero-order valence-electron chi connectivity index (χ0n) is 73.4. The van der Waals surface area contributed by atoms with Crippen LogP contribution >= 0.6 is 159 Å². The van der Waals surface area contributed by atoms with Gasteiger partial charge in [0.15, 0.2) is 11.5 Å². The molecule has 9 rings (SSSR count). The van der Waals surface area contributed by atoms with E-state index in [9.17, 15) is 40.9 Å². The Morgan fingerprint density at radius 1 is 0.246 bits per heavy atom. The van der Waals surface area contributed by atoms with E-state index in [2.05, 4.69) is 220 Å². The molecule has 0 saturated carbocycles. The number of aromatic hydroxyl groups is 6. The monoisotopic (exact) mass is 2330 g/mol. The van der Waals surface area contributed by atoms with Crippen LogP contribution in [0.3, 0.4) is 0 Å². The lowest BCUT2D eigenvalue weighted by Gasteiger charge is -2.11. The summed E-state index contributed by atoms with van der Waals surface area (Å²) in [6.07, 6.45) is 20.4. The molecule has 2 atom stereocenters. The number of aliphatic hydroxyl groups excluding tert-OH is 2. The van der Waals surface area contributed by atoms with Gasteiger partial charge in [-0.2, -0.15) is 0 Å². The van der Waals surface area contributed by atoms with Crippen molar-refractivity contribution in [3.05, 3.63) is 271 Å². The fraction of sp³-hybridized carbons (Fsp3) is 0.364. The molecule has 0 amide bonds. The van der Waals surface area contributed by atoms with Crippen molar-refractivity contribution >= 4 is 211 Å². The van der Waals surface area contributed by atoms with E-state index in [1.807, 2.05) is 95.3 Å². The molecule has 0 fully saturated rings. The lowest BCUT2D eigenvalue weighted by Crippen LogP contribution is -2.00. The first-order valence-corrected chi connectivity index (χ1v) is 49.3. The number of aliphatic hydroxyl groups is 2. The van der Waals surface area contributed by atoms with Gasteiger partial charge >= 0.3 is 0 Å². The minimum atomic E-state index is -0.621. The molecule has 0 unspecified atom stereocenters. The van der Waals surface area contributed by atoms with Crippen molar-refractivity contribution in [1.82, 2.24) is 0 Å². The molecule has 17 N–H and O–H groups in total. The standard InChI is InChI=1S/C11H13Br2NO.2C11H14BrNO2.3C11H14BrNO.3C11H14BrN/c1-7(14)3-2-4-8-5-9(12)6-10(13)11(8)15;1-7(13)2-5-10(14)8-3-4-9(12)11(15)6-8;1-7(13)3-2-4-8-5-9(12)6-10(14)11(8)15;1-8(13)2-7-11(14)9-3-5-10(12)6-4-9;1-8(13)3-2-4-9-5-10(12)7-11(14)6-9;1-8(13)3-2-4-9-7-10(14)5-6-11(9)12;1-9(13)4-2-5-10-6-3-7-11(12)8-10;1-9(13)5-4-7-10-6-2-3-8-11(10)12;1-9(13)3-2-4-10-5-7-11(12)8-6-10/h5-6,14-15H,2-4H2,1H3;3-4,6,10,13-15H,2,5H2,1H3;5-6,13-15H,2-4H2,1H3;3-6,11,13-14H,2,7H2,1H3;2*5-7,13-14H,2-4H2,1H3;3,6-8,13H,2,4-5H2,1H3;2-3,6,8,13H,4-5,7H2,1H3;5-8,13H,2-4H2,1H3/t;10-;;11-;;;;;/m.0.0...../s1/i12-4,13-4;8*12-4. The quantitative estimate of drug-likeness (QED) is 0.0132. The first-order chi connectivity index (χ1) is 59.3. The summed E-state index contributed by atoms with van der Waals surface area (Å²) in [5, 5.41) is 142. The SMILES string of the molecule is CC(=N)CCCc1cc(O)cc([76Br])c1.CC(=N)CCCc1cc(O)ccc1[76Br].CC(=N)CCCc1cc([76Br])cc(O)c1O.CC(=N)CCCc1cc([76Br])cc([76Br])c1O.CC(=N)CCCc1ccc([76Br])cc1.CC(=N)CCCc1cccc([76Br])c1.CC(=N)CCCc1ccccc1[76Br].CC(=N)CC[C@H](O)c1ccc([76Br])c(O)c1.CC(=N)CC[C@H](O)c1ccc([76Br])cc1. The number of phenols is 6. The van der Waals surface area contributed by atoms with Gasteiger partial charge in [-0.1, -0.05) is 188 Å². The maximum atomic E-state index is 9.77. The molecule has 0 aliphatic rings. The zero-order chi connectivity index (χ0) is 95.0. The van der Waals surface area contributed by atoms with Gasteiger partial charge in [-0.05, 0) is 420 Å². The molecule has 0 saturated heterocycles. The van der Waals surface area contributed by atoms with Crippen LogP contribution in [0.4, 0.5) is 0 Å². The second kappa shape index (κ2) is 67.7. The van der Waals surface area contributed by atoms with E-state index >= 15 is 0 Å². The van der Waals surface area contributed by atoms with Crippen LogP contribution in [0.5, 0.6) is 34.5 Å². The second-order valence-electron chi connectivity index (χ2n) is 30.6. The highest BCUT2D eigenvalue weighted by atomic mass is 75.9. The topological polar surface area (TPSA) is 376 Å². The first kappa shape index (κ1) is 118. The van der Waals surface area contributed by atoms with Gasteiger partial charge in [0.1, 0.15) is 23.0 Å². The molecular weight excluding hydrogens is 2200 g/mol. The predicted octanol–water partition coefficient (Wildman–Crippen LogP) is 32.3. The van der Waals surface area contributed by atoms with Gasteiger partial charge in [-0.15, -0.1) is 0 Å². The highest BCUT2D eigenvalue weighted by Gasteiger charge is 2.14. The minimum absolute atomic E-state index is 0.0548. The van der Waals surface area contributed by atoms with Gasteiger partial charge in [0.25, 0.3) is 0 Å². The van der Waals surface area contributed by atoms with E-state index in [0.29, 0.717) is 110 Å². The molecule has 0 heterocycles. The van der Waals surface area contributed by atoms with E-state index in [1.54, 1.807) is 70.2 Å². The molecule has 9 aromatic rings. The van der Waals surface area contributed by atoms with Gasteiger partial charge in [0, 0.05) is 87.2 Å². The van der Waals surface area contributed by atoms with Crippen molar-refractivity contribution in [3.8, 4) is 34.5 Å². The molecule has 27 heteroatoms. The molecular formula is C99H125Br10N9O8. The summed E-state index contributed by atoms with van der Waals surface area (Å²) in [7, 11) is 0. The van der Waals surface area contributed by atoms with Crippen LogP contribution in [-0.4, -0.2) is 92.3 Å². The van der Waals surface area contributed by atoms with Gasteiger partial charge < -0.3 is 89.5 Å². The average molecular weight is 2330 g/mol. The van der Waals surface area contributed by atoms with Crippen molar-refractivity contribution in [1.29, 1.82) is 48.7 Å². The minimum Gasteiger partial charge on any atom is -0.508 e. The van der Waals surface area contributed by atoms with Crippen LogP contribution in [0.1, 0.15) is 240 Å². The molecule has 0 radical (unpaired) electrons. The number of rotatable bonds is 36. The summed E-state index contributed by atoms with van der Waals surface area (Å²) in [6, 6.07) is 55.3. The molecule has 126 heavy (non-hydrogen) atoms. The Morgan fingerprint density at radius 3 is 1.07 bits per heavy atom. The smallest absolute Gasteiger partial charge is 0.160 e. The normalized spacial score (nSPS) is 10.7. The molecule has 0 bridgehead atoms. The molecule has 0 spiro atoms.